The van der Waals surface area contributed by atoms with Crippen LogP contribution in [-0.2, 0) is 7.05 Å². The van der Waals surface area contributed by atoms with Crippen molar-refractivity contribution in [1.82, 2.24) is 14.1 Å². The number of hydrogen-bond donors (Lipinski definition) is 1. The number of nitrogens with zero attached hydrogens (tertiary/aromatic N) is 3. The zero-order valence-electron chi connectivity index (χ0n) is 14.1. The number of carbonyl (C=O) groups is 1. The lowest BCUT2D eigenvalue weighted by Gasteiger charge is -2.10. The van der Waals surface area contributed by atoms with Crippen LogP contribution in [0.15, 0.2) is 77.9 Å². The van der Waals surface area contributed by atoms with Gasteiger partial charge in [-0.05, 0) is 42.5 Å². The molecule has 0 aliphatic heterocycles. The number of carbonyl (C=O) groups excluding carboxylic acids is 1. The van der Waals surface area contributed by atoms with Gasteiger partial charge < -0.3 is 9.88 Å². The Kier molecular flexibility index (Phi) is 3.85. The van der Waals surface area contributed by atoms with Crippen molar-refractivity contribution in [3.05, 3.63) is 89.1 Å². The monoisotopic (exact) mass is 344 g/mol. The van der Waals surface area contributed by atoms with Gasteiger partial charge in [0.25, 0.3) is 11.5 Å². The Morgan fingerprint density at radius 1 is 0.962 bits per heavy atom. The summed E-state index contributed by atoms with van der Waals surface area (Å²) < 4.78 is 3.31. The van der Waals surface area contributed by atoms with Gasteiger partial charge in [-0.3, -0.25) is 14.2 Å². The lowest BCUT2D eigenvalue weighted by molar-refractivity contribution is 0.101. The van der Waals surface area contributed by atoms with E-state index in [2.05, 4.69) is 10.3 Å². The minimum absolute atomic E-state index is 0.222. The SMILES string of the molecule is Cn1c(C(=O)Nc2ccc(-n3cnc4ccccc43)cc2)cccc1=O. The quantitative estimate of drug-likeness (QED) is 0.621. The number of hydrogen-bond acceptors (Lipinski definition) is 3. The van der Waals surface area contributed by atoms with E-state index in [4.69, 9.17) is 0 Å². The van der Waals surface area contributed by atoms with Crippen LogP contribution >= 0.6 is 0 Å². The molecule has 1 N–H and O–H groups in total. The molecule has 4 rings (SSSR count). The molecule has 0 saturated carbocycles. The van der Waals surface area contributed by atoms with E-state index in [-0.39, 0.29) is 11.5 Å². The number of anilines is 1. The standard InChI is InChI=1S/C20H16N4O2/c1-23-18(7-4-8-19(23)25)20(26)22-14-9-11-15(12-10-14)24-13-21-16-5-2-3-6-17(16)24/h2-13H,1H3,(H,22,26). The van der Waals surface area contributed by atoms with Gasteiger partial charge in [0.2, 0.25) is 0 Å². The van der Waals surface area contributed by atoms with E-state index in [1.165, 1.54) is 10.6 Å². The molecule has 128 valence electrons. The van der Waals surface area contributed by atoms with E-state index in [0.717, 1.165) is 16.7 Å². The summed E-state index contributed by atoms with van der Waals surface area (Å²) in [6.07, 6.45) is 1.78. The molecule has 2 aromatic heterocycles. The maximum Gasteiger partial charge on any atom is 0.272 e. The van der Waals surface area contributed by atoms with E-state index < -0.39 is 0 Å². The number of pyridine rings is 1. The smallest absolute Gasteiger partial charge is 0.272 e. The van der Waals surface area contributed by atoms with Crippen LogP contribution in [0.2, 0.25) is 0 Å². The Labute approximate surface area is 149 Å². The number of aromatic nitrogens is 3. The van der Waals surface area contributed by atoms with Gasteiger partial charge in [-0.1, -0.05) is 18.2 Å². The number of para-hydroxylation sites is 2. The first-order chi connectivity index (χ1) is 12.6. The van der Waals surface area contributed by atoms with E-state index in [0.29, 0.717) is 11.4 Å². The van der Waals surface area contributed by atoms with Crippen LogP contribution in [0, 0.1) is 0 Å². The number of fused-ring (bicyclic) bond motifs is 1. The third kappa shape index (κ3) is 2.77. The third-order valence-corrected chi connectivity index (χ3v) is 4.27. The minimum atomic E-state index is -0.328. The summed E-state index contributed by atoms with van der Waals surface area (Å²) in [5.74, 6) is -0.328. The molecule has 6 heteroatoms. The molecular formula is C20H16N4O2. The molecule has 0 radical (unpaired) electrons. The van der Waals surface area contributed by atoms with Gasteiger partial charge in [0.05, 0.1) is 11.0 Å². The molecule has 0 unspecified atom stereocenters. The van der Waals surface area contributed by atoms with Crippen LogP contribution in [0.4, 0.5) is 5.69 Å². The fourth-order valence-corrected chi connectivity index (χ4v) is 2.86. The number of nitrogens with one attached hydrogen (secondary N) is 1. The molecule has 0 bridgehead atoms. The van der Waals surface area contributed by atoms with Gasteiger partial charge in [0.15, 0.2) is 0 Å². The Hall–Kier alpha value is -3.67. The first-order valence-electron chi connectivity index (χ1n) is 8.13. The summed E-state index contributed by atoms with van der Waals surface area (Å²) in [6, 6.07) is 20.0. The highest BCUT2D eigenvalue weighted by molar-refractivity contribution is 6.03. The first-order valence-corrected chi connectivity index (χ1v) is 8.13. The normalized spacial score (nSPS) is 10.8. The van der Waals surface area contributed by atoms with E-state index in [1.807, 2.05) is 53.1 Å². The number of rotatable bonds is 3. The van der Waals surface area contributed by atoms with Crippen LogP contribution < -0.4 is 10.9 Å². The van der Waals surface area contributed by atoms with Crippen molar-refractivity contribution in [1.29, 1.82) is 0 Å². The first kappa shape index (κ1) is 15.8. The van der Waals surface area contributed by atoms with Gasteiger partial charge in [0, 0.05) is 24.5 Å². The van der Waals surface area contributed by atoms with Crippen molar-refractivity contribution in [2.75, 3.05) is 5.32 Å². The molecule has 2 heterocycles. The highest BCUT2D eigenvalue weighted by atomic mass is 16.2. The predicted octanol–water partition coefficient (Wildman–Crippen LogP) is 2.98. The zero-order chi connectivity index (χ0) is 18.1. The molecule has 4 aromatic rings. The summed E-state index contributed by atoms with van der Waals surface area (Å²) in [5.41, 5.74) is 3.63. The van der Waals surface area contributed by atoms with Crippen molar-refractivity contribution < 1.29 is 4.79 Å². The second kappa shape index (κ2) is 6.33. The minimum Gasteiger partial charge on any atom is -0.321 e. The number of imidazole rings is 1. The summed E-state index contributed by atoms with van der Waals surface area (Å²) in [5, 5.41) is 2.81. The highest BCUT2D eigenvalue weighted by Crippen LogP contribution is 2.19. The Morgan fingerprint density at radius 3 is 2.54 bits per heavy atom. The predicted molar refractivity (Wildman–Crippen MR) is 101 cm³/mol. The molecule has 6 nitrogen and oxygen atoms in total. The van der Waals surface area contributed by atoms with Crippen LogP contribution in [0.3, 0.4) is 0 Å². The summed E-state index contributed by atoms with van der Waals surface area (Å²) in [6.45, 7) is 0. The van der Waals surface area contributed by atoms with Crippen molar-refractivity contribution >= 4 is 22.6 Å². The molecular weight excluding hydrogens is 328 g/mol. The fourth-order valence-electron chi connectivity index (χ4n) is 2.86. The molecule has 0 atom stereocenters. The van der Waals surface area contributed by atoms with Crippen molar-refractivity contribution in [3.63, 3.8) is 0 Å². The Bertz CT molecular complexity index is 1160. The molecule has 2 aromatic carbocycles. The zero-order valence-corrected chi connectivity index (χ0v) is 14.1. The van der Waals surface area contributed by atoms with Crippen molar-refractivity contribution in [3.8, 4) is 5.69 Å². The summed E-state index contributed by atoms with van der Waals surface area (Å²) in [7, 11) is 1.57. The lowest BCUT2D eigenvalue weighted by atomic mass is 10.2. The average Bonchev–Trinajstić information content (AvgIpc) is 3.09. The van der Waals surface area contributed by atoms with E-state index in [9.17, 15) is 9.59 Å². The highest BCUT2D eigenvalue weighted by Gasteiger charge is 2.10. The second-order valence-electron chi connectivity index (χ2n) is 5.91. The molecule has 1 amide bonds. The fraction of sp³-hybridized carbons (Fsp3) is 0.0500. The summed E-state index contributed by atoms with van der Waals surface area (Å²) >= 11 is 0. The lowest BCUT2D eigenvalue weighted by Crippen LogP contribution is -2.25. The van der Waals surface area contributed by atoms with E-state index >= 15 is 0 Å². The molecule has 0 aliphatic rings. The van der Waals surface area contributed by atoms with Gasteiger partial charge in [-0.2, -0.15) is 0 Å². The largest absolute Gasteiger partial charge is 0.321 e. The molecule has 0 saturated heterocycles. The Balaban J connectivity index is 1.59. The van der Waals surface area contributed by atoms with Gasteiger partial charge in [-0.25, -0.2) is 4.98 Å². The molecule has 26 heavy (non-hydrogen) atoms. The van der Waals surface area contributed by atoms with Crippen LogP contribution in [0.5, 0.6) is 0 Å². The average molecular weight is 344 g/mol. The van der Waals surface area contributed by atoms with Gasteiger partial charge in [-0.15, -0.1) is 0 Å². The van der Waals surface area contributed by atoms with Crippen molar-refractivity contribution in [2.24, 2.45) is 7.05 Å². The Morgan fingerprint density at radius 2 is 1.73 bits per heavy atom. The summed E-state index contributed by atoms with van der Waals surface area (Å²) in [4.78, 5) is 28.4. The third-order valence-electron chi connectivity index (χ3n) is 4.27. The second-order valence-corrected chi connectivity index (χ2v) is 5.91. The number of benzene rings is 2. The molecule has 0 spiro atoms. The van der Waals surface area contributed by atoms with Crippen LogP contribution in [-0.4, -0.2) is 20.0 Å². The van der Waals surface area contributed by atoms with Crippen LogP contribution in [0.25, 0.3) is 16.7 Å². The van der Waals surface area contributed by atoms with E-state index in [1.54, 1.807) is 25.5 Å². The van der Waals surface area contributed by atoms with Gasteiger partial charge in [0.1, 0.15) is 12.0 Å². The molecule has 0 fully saturated rings. The number of amides is 1. The van der Waals surface area contributed by atoms with Crippen LogP contribution in [0.1, 0.15) is 10.5 Å². The van der Waals surface area contributed by atoms with Crippen molar-refractivity contribution in [2.45, 2.75) is 0 Å². The van der Waals surface area contributed by atoms with Gasteiger partial charge >= 0.3 is 0 Å². The topological polar surface area (TPSA) is 68.9 Å². The maximum atomic E-state index is 12.4. The molecule has 0 aliphatic carbocycles. The maximum absolute atomic E-state index is 12.4.